The molecule has 0 aromatic heterocycles. The molecular weight excluding hydrogens is 198 g/mol. The van der Waals surface area contributed by atoms with E-state index in [9.17, 15) is 0 Å². The number of benzene rings is 1. The second kappa shape index (κ2) is 5.76. The van der Waals surface area contributed by atoms with Crippen LogP contribution in [0.2, 0.25) is 5.02 Å². The van der Waals surface area contributed by atoms with Gasteiger partial charge in [0.25, 0.3) is 0 Å². The van der Waals surface area contributed by atoms with Crippen LogP contribution < -0.4 is 10.1 Å². The van der Waals surface area contributed by atoms with E-state index >= 15 is 0 Å². The van der Waals surface area contributed by atoms with Gasteiger partial charge in [-0.2, -0.15) is 0 Å². The van der Waals surface area contributed by atoms with Crippen molar-refractivity contribution in [3.63, 3.8) is 0 Å². The monoisotopic (exact) mass is 213 g/mol. The van der Waals surface area contributed by atoms with Crippen molar-refractivity contribution < 1.29 is 4.74 Å². The fourth-order valence-electron chi connectivity index (χ4n) is 1.14. The maximum absolute atomic E-state index is 5.98. The first kappa shape index (κ1) is 11.2. The average molecular weight is 214 g/mol. The third-order valence-electron chi connectivity index (χ3n) is 1.77. The van der Waals surface area contributed by atoms with E-state index in [1.54, 1.807) is 0 Å². The van der Waals surface area contributed by atoms with Crippen molar-refractivity contribution in [2.24, 2.45) is 0 Å². The van der Waals surface area contributed by atoms with Crippen molar-refractivity contribution >= 4 is 17.3 Å². The van der Waals surface area contributed by atoms with E-state index in [0.29, 0.717) is 11.6 Å². The van der Waals surface area contributed by atoms with E-state index in [2.05, 4.69) is 19.2 Å². The Labute approximate surface area is 90.2 Å². The third kappa shape index (κ3) is 3.11. The van der Waals surface area contributed by atoms with E-state index in [-0.39, 0.29) is 0 Å². The Balaban J connectivity index is 2.74. The molecule has 0 aliphatic rings. The van der Waals surface area contributed by atoms with Crippen LogP contribution >= 0.6 is 11.6 Å². The van der Waals surface area contributed by atoms with Gasteiger partial charge < -0.3 is 10.1 Å². The topological polar surface area (TPSA) is 21.3 Å². The summed E-state index contributed by atoms with van der Waals surface area (Å²) in [5.41, 5.74) is 1.04. The minimum Gasteiger partial charge on any atom is -0.492 e. The van der Waals surface area contributed by atoms with E-state index in [4.69, 9.17) is 16.3 Å². The highest BCUT2D eigenvalue weighted by atomic mass is 35.5. The van der Waals surface area contributed by atoms with Crippen molar-refractivity contribution in [3.05, 3.63) is 23.2 Å². The van der Waals surface area contributed by atoms with Gasteiger partial charge in [0.15, 0.2) is 0 Å². The number of hydrogen-bond donors (Lipinski definition) is 1. The maximum atomic E-state index is 5.98. The minimum atomic E-state index is 0.667. The quantitative estimate of drug-likeness (QED) is 0.808. The third-order valence-corrected chi connectivity index (χ3v) is 2.09. The first-order valence-corrected chi connectivity index (χ1v) is 5.32. The lowest BCUT2D eigenvalue weighted by molar-refractivity contribution is 0.318. The molecule has 1 aromatic carbocycles. The Morgan fingerprint density at radius 1 is 1.36 bits per heavy atom. The zero-order chi connectivity index (χ0) is 10.4. The van der Waals surface area contributed by atoms with Gasteiger partial charge in [0.1, 0.15) is 5.75 Å². The molecule has 78 valence electrons. The fourth-order valence-corrected chi connectivity index (χ4v) is 1.31. The van der Waals surface area contributed by atoms with Gasteiger partial charge in [-0.15, -0.1) is 0 Å². The molecule has 0 saturated carbocycles. The summed E-state index contributed by atoms with van der Waals surface area (Å²) in [6, 6.07) is 5.73. The van der Waals surface area contributed by atoms with Crippen LogP contribution in [-0.2, 0) is 0 Å². The van der Waals surface area contributed by atoms with E-state index in [1.807, 2.05) is 18.2 Å². The summed E-state index contributed by atoms with van der Waals surface area (Å²) in [7, 11) is 0. The van der Waals surface area contributed by atoms with Crippen LogP contribution in [0.25, 0.3) is 0 Å². The van der Waals surface area contributed by atoms with E-state index in [0.717, 1.165) is 24.4 Å². The second-order valence-corrected chi connectivity index (χ2v) is 3.43. The molecule has 0 aliphatic heterocycles. The van der Waals surface area contributed by atoms with Gasteiger partial charge in [0.05, 0.1) is 11.6 Å². The Kier molecular flexibility index (Phi) is 4.60. The molecular formula is C11H16ClNO. The van der Waals surface area contributed by atoms with Crippen molar-refractivity contribution in [2.45, 2.75) is 20.3 Å². The average Bonchev–Trinajstić information content (AvgIpc) is 2.19. The van der Waals surface area contributed by atoms with Gasteiger partial charge in [-0.25, -0.2) is 0 Å². The molecule has 0 heterocycles. The van der Waals surface area contributed by atoms with Gasteiger partial charge in [-0.3, -0.25) is 0 Å². The van der Waals surface area contributed by atoms with Crippen LogP contribution in [0, 0.1) is 0 Å². The summed E-state index contributed by atoms with van der Waals surface area (Å²) in [6.45, 7) is 5.73. The molecule has 1 N–H and O–H groups in total. The molecule has 0 fully saturated rings. The zero-order valence-corrected chi connectivity index (χ0v) is 9.40. The van der Waals surface area contributed by atoms with E-state index in [1.165, 1.54) is 0 Å². The molecule has 1 rings (SSSR count). The molecule has 1 aromatic rings. The lowest BCUT2D eigenvalue weighted by Gasteiger charge is -2.09. The van der Waals surface area contributed by atoms with Gasteiger partial charge in [-0.05, 0) is 25.5 Å². The first-order chi connectivity index (χ1) is 6.77. The van der Waals surface area contributed by atoms with Crippen LogP contribution in [0.15, 0.2) is 18.2 Å². The lowest BCUT2D eigenvalue weighted by atomic mass is 10.3. The van der Waals surface area contributed by atoms with Gasteiger partial charge in [0.2, 0.25) is 0 Å². The summed E-state index contributed by atoms with van der Waals surface area (Å²) in [4.78, 5) is 0. The maximum Gasteiger partial charge on any atom is 0.139 e. The molecule has 0 radical (unpaired) electrons. The number of ether oxygens (including phenoxy) is 1. The Morgan fingerprint density at radius 3 is 2.79 bits per heavy atom. The smallest absolute Gasteiger partial charge is 0.139 e. The van der Waals surface area contributed by atoms with Gasteiger partial charge in [-0.1, -0.05) is 18.5 Å². The molecule has 0 bridgehead atoms. The summed E-state index contributed by atoms with van der Waals surface area (Å²) in [6.07, 6.45) is 0.988. The molecule has 0 amide bonds. The molecule has 0 spiro atoms. The van der Waals surface area contributed by atoms with Crippen molar-refractivity contribution in [2.75, 3.05) is 18.5 Å². The number of rotatable bonds is 5. The number of nitrogens with one attached hydrogen (secondary N) is 1. The molecule has 3 heteroatoms. The minimum absolute atomic E-state index is 0.667. The summed E-state index contributed by atoms with van der Waals surface area (Å²) < 4.78 is 5.50. The Morgan fingerprint density at radius 2 is 2.14 bits per heavy atom. The van der Waals surface area contributed by atoms with Crippen LogP contribution in [0.4, 0.5) is 5.69 Å². The zero-order valence-electron chi connectivity index (χ0n) is 8.64. The van der Waals surface area contributed by atoms with E-state index < -0.39 is 0 Å². The molecule has 0 aliphatic carbocycles. The predicted molar refractivity (Wildman–Crippen MR) is 61.4 cm³/mol. The first-order valence-electron chi connectivity index (χ1n) is 4.94. The molecule has 2 nitrogen and oxygen atoms in total. The summed E-state index contributed by atoms with van der Waals surface area (Å²) in [5.74, 6) is 0.756. The Hall–Kier alpha value is -0.890. The van der Waals surface area contributed by atoms with Crippen LogP contribution in [0.3, 0.4) is 0 Å². The molecule has 0 saturated heterocycles. The van der Waals surface area contributed by atoms with Crippen LogP contribution in [-0.4, -0.2) is 13.2 Å². The predicted octanol–water partition coefficient (Wildman–Crippen LogP) is 3.56. The van der Waals surface area contributed by atoms with Crippen molar-refractivity contribution in [3.8, 4) is 5.75 Å². The highest BCUT2D eigenvalue weighted by molar-refractivity contribution is 6.32. The van der Waals surface area contributed by atoms with Gasteiger partial charge >= 0.3 is 0 Å². The largest absolute Gasteiger partial charge is 0.492 e. The highest BCUT2D eigenvalue weighted by Gasteiger charge is 2.01. The normalized spacial score (nSPS) is 9.93. The number of anilines is 1. The second-order valence-electron chi connectivity index (χ2n) is 3.02. The highest BCUT2D eigenvalue weighted by Crippen LogP contribution is 2.27. The molecule has 14 heavy (non-hydrogen) atoms. The standard InChI is InChI=1S/C11H16ClNO/c1-3-7-14-11-8-9(13-4-2)5-6-10(11)12/h5-6,8,13H,3-4,7H2,1-2H3. The summed E-state index contributed by atoms with van der Waals surface area (Å²) >= 11 is 5.98. The van der Waals surface area contributed by atoms with Gasteiger partial charge in [0, 0.05) is 18.3 Å². The fraction of sp³-hybridized carbons (Fsp3) is 0.455. The van der Waals surface area contributed by atoms with Crippen molar-refractivity contribution in [1.82, 2.24) is 0 Å². The molecule has 0 unspecified atom stereocenters. The molecule has 0 atom stereocenters. The van der Waals surface area contributed by atoms with Crippen molar-refractivity contribution in [1.29, 1.82) is 0 Å². The lowest BCUT2D eigenvalue weighted by Crippen LogP contribution is -1.99. The summed E-state index contributed by atoms with van der Waals surface area (Å²) in [5, 5.41) is 3.88. The number of halogens is 1. The SMILES string of the molecule is CCCOc1cc(NCC)ccc1Cl. The van der Waals surface area contributed by atoms with Crippen LogP contribution in [0.1, 0.15) is 20.3 Å². The van der Waals surface area contributed by atoms with Crippen LogP contribution in [0.5, 0.6) is 5.75 Å². The Bertz CT molecular complexity index is 289. The number of hydrogen-bond acceptors (Lipinski definition) is 2.